The number of carbonyl (C=O) groups excluding carboxylic acids is 1. The number of carbonyl (C=O) groups is 1. The Balaban J connectivity index is 1.12. The molecule has 0 aliphatic heterocycles. The van der Waals surface area contributed by atoms with E-state index >= 15 is 0 Å². The Morgan fingerprint density at radius 1 is 1.10 bits per heavy atom. The highest BCUT2D eigenvalue weighted by Crippen LogP contribution is 2.85. The number of halogens is 4. The van der Waals surface area contributed by atoms with Crippen LogP contribution in [0.1, 0.15) is 28.8 Å². The van der Waals surface area contributed by atoms with Gasteiger partial charge in [0.1, 0.15) is 0 Å². The van der Waals surface area contributed by atoms with Gasteiger partial charge in [-0.15, -0.1) is 0 Å². The number of amides is 1. The molecule has 1 aromatic heterocycles. The molecule has 12 heteroatoms. The normalized spacial score (nSPS) is 27.9. The minimum atomic E-state index is -3.98. The average molecular weight is 605 g/mol. The monoisotopic (exact) mass is 604 g/mol. The highest BCUT2D eigenvalue weighted by atomic mass is 35.5. The van der Waals surface area contributed by atoms with Gasteiger partial charge in [-0.05, 0) is 60.6 Å². The summed E-state index contributed by atoms with van der Waals surface area (Å²) < 4.78 is 73.4. The SMILES string of the molecule is O=C(Nc1cc(F)c(F)c(F)c1)c1ccc(Cl)c(S(=O)(=O)[C@H]2C3CC34C2C[C@]4(O)COC/C=C/c2ccncc2)c1. The van der Waals surface area contributed by atoms with Crippen LogP contribution in [0.3, 0.4) is 0 Å². The summed E-state index contributed by atoms with van der Waals surface area (Å²) in [5.74, 6) is -6.02. The molecule has 3 unspecified atom stereocenters. The summed E-state index contributed by atoms with van der Waals surface area (Å²) in [5.41, 5.74) is -1.09. The Morgan fingerprint density at radius 2 is 1.78 bits per heavy atom. The topological polar surface area (TPSA) is 106 Å². The van der Waals surface area contributed by atoms with Gasteiger partial charge in [-0.25, -0.2) is 21.6 Å². The fourth-order valence-electron chi connectivity index (χ4n) is 6.62. The summed E-state index contributed by atoms with van der Waals surface area (Å²) in [6.45, 7) is 0.383. The van der Waals surface area contributed by atoms with Crippen LogP contribution >= 0.6 is 11.6 Å². The van der Waals surface area contributed by atoms with Crippen LogP contribution < -0.4 is 5.32 Å². The highest BCUT2D eigenvalue weighted by molar-refractivity contribution is 7.92. The number of benzene rings is 2. The Kier molecular flexibility index (Phi) is 6.76. The third-order valence-corrected chi connectivity index (χ3v) is 11.4. The van der Waals surface area contributed by atoms with E-state index < -0.39 is 49.5 Å². The lowest BCUT2D eigenvalue weighted by Crippen LogP contribution is -2.71. The summed E-state index contributed by atoms with van der Waals surface area (Å²) in [6.07, 6.45) is 7.89. The van der Waals surface area contributed by atoms with Gasteiger partial charge in [0.15, 0.2) is 27.3 Å². The molecule has 214 valence electrons. The van der Waals surface area contributed by atoms with Gasteiger partial charge in [-0.1, -0.05) is 23.8 Å². The number of pyridine rings is 1. The van der Waals surface area contributed by atoms with Gasteiger partial charge in [0, 0.05) is 41.2 Å². The Hall–Kier alpha value is -3.25. The number of rotatable bonds is 9. The first-order valence-electron chi connectivity index (χ1n) is 12.8. The maximum absolute atomic E-state index is 13.7. The van der Waals surface area contributed by atoms with Gasteiger partial charge >= 0.3 is 0 Å². The molecule has 3 fully saturated rings. The molecule has 5 atom stereocenters. The molecule has 2 aromatic carbocycles. The lowest BCUT2D eigenvalue weighted by atomic mass is 9.49. The molecule has 1 amide bonds. The minimum Gasteiger partial charge on any atom is -0.387 e. The molecule has 41 heavy (non-hydrogen) atoms. The quantitative estimate of drug-likeness (QED) is 0.262. The number of hydrogen-bond donors (Lipinski definition) is 2. The number of hydrogen-bond acceptors (Lipinski definition) is 6. The van der Waals surface area contributed by atoms with Crippen molar-refractivity contribution in [3.8, 4) is 0 Å². The number of anilines is 1. The summed E-state index contributed by atoms with van der Waals surface area (Å²) >= 11 is 6.26. The first-order chi connectivity index (χ1) is 19.5. The second-order valence-electron chi connectivity index (χ2n) is 10.8. The van der Waals surface area contributed by atoms with Crippen molar-refractivity contribution < 1.29 is 36.2 Å². The molecule has 2 N–H and O–H groups in total. The van der Waals surface area contributed by atoms with Crippen molar-refractivity contribution in [1.82, 2.24) is 4.98 Å². The van der Waals surface area contributed by atoms with Crippen molar-refractivity contribution in [2.45, 2.75) is 28.6 Å². The van der Waals surface area contributed by atoms with Gasteiger partial charge in [-0.2, -0.15) is 0 Å². The van der Waals surface area contributed by atoms with Crippen molar-refractivity contribution in [1.29, 1.82) is 0 Å². The summed E-state index contributed by atoms with van der Waals surface area (Å²) in [7, 11) is -3.98. The Bertz CT molecular complexity index is 1670. The average Bonchev–Trinajstić information content (AvgIpc) is 3.65. The number of aliphatic hydroxyl groups is 1. The molecule has 3 saturated carbocycles. The smallest absolute Gasteiger partial charge is 0.255 e. The molecular formula is C29H24ClF3N2O5S. The zero-order valence-electron chi connectivity index (χ0n) is 21.4. The lowest BCUT2D eigenvalue weighted by Gasteiger charge is -2.62. The van der Waals surface area contributed by atoms with E-state index in [1.54, 1.807) is 12.4 Å². The Morgan fingerprint density at radius 3 is 2.46 bits per heavy atom. The maximum atomic E-state index is 13.7. The van der Waals surface area contributed by atoms with E-state index in [9.17, 15) is 31.5 Å². The van der Waals surface area contributed by atoms with E-state index in [0.717, 1.165) is 11.6 Å². The molecule has 6 rings (SSSR count). The van der Waals surface area contributed by atoms with Gasteiger partial charge in [0.2, 0.25) is 0 Å². The fraction of sp³-hybridized carbons (Fsp3) is 0.310. The van der Waals surface area contributed by atoms with E-state index in [0.29, 0.717) is 25.2 Å². The molecule has 1 heterocycles. The predicted octanol–water partition coefficient (Wildman–Crippen LogP) is 5.05. The van der Waals surface area contributed by atoms with Crippen LogP contribution in [-0.2, 0) is 14.6 Å². The third kappa shape index (κ3) is 4.46. The molecule has 0 radical (unpaired) electrons. The van der Waals surface area contributed by atoms with Crippen molar-refractivity contribution in [2.24, 2.45) is 17.3 Å². The van der Waals surface area contributed by atoms with E-state index in [1.807, 2.05) is 24.3 Å². The van der Waals surface area contributed by atoms with Gasteiger partial charge in [0.25, 0.3) is 5.91 Å². The van der Waals surface area contributed by atoms with Crippen LogP contribution in [0.25, 0.3) is 6.08 Å². The number of nitrogens with one attached hydrogen (secondary N) is 1. The van der Waals surface area contributed by atoms with Crippen LogP contribution in [0, 0.1) is 34.7 Å². The second-order valence-corrected chi connectivity index (χ2v) is 13.2. The molecule has 7 nitrogen and oxygen atoms in total. The number of aromatic nitrogens is 1. The molecule has 0 bridgehead atoms. The Labute approximate surface area is 238 Å². The summed E-state index contributed by atoms with van der Waals surface area (Å²) in [6, 6.07) is 8.59. The van der Waals surface area contributed by atoms with Crippen molar-refractivity contribution >= 4 is 39.1 Å². The fourth-order valence-corrected chi connectivity index (χ4v) is 9.52. The van der Waals surface area contributed by atoms with E-state index in [-0.39, 0.29) is 46.0 Å². The van der Waals surface area contributed by atoms with Gasteiger partial charge in [-0.3, -0.25) is 9.78 Å². The predicted molar refractivity (Wildman–Crippen MR) is 144 cm³/mol. The van der Waals surface area contributed by atoms with E-state index in [4.69, 9.17) is 16.3 Å². The maximum Gasteiger partial charge on any atom is 0.255 e. The number of ether oxygens (including phenoxy) is 1. The summed E-state index contributed by atoms with van der Waals surface area (Å²) in [5, 5.41) is 12.6. The van der Waals surface area contributed by atoms with Crippen molar-refractivity contribution in [3.05, 3.63) is 94.5 Å². The first-order valence-corrected chi connectivity index (χ1v) is 14.8. The van der Waals surface area contributed by atoms with Crippen LogP contribution in [0.5, 0.6) is 0 Å². The van der Waals surface area contributed by atoms with Crippen LogP contribution in [-0.4, -0.2) is 48.5 Å². The first kappa shape index (κ1) is 27.9. The molecule has 0 saturated heterocycles. The lowest BCUT2D eigenvalue weighted by molar-refractivity contribution is -0.225. The number of sulfone groups is 1. The third-order valence-electron chi connectivity index (χ3n) is 8.61. The van der Waals surface area contributed by atoms with Crippen LogP contribution in [0.4, 0.5) is 18.9 Å². The molecule has 3 aliphatic carbocycles. The largest absolute Gasteiger partial charge is 0.387 e. The standard InChI is InChI=1S/C29H24ClF3N2O5S/c30-21-4-3-17(27(36)35-18-11-22(31)25(33)23(32)12-18)10-24(21)41(38,39)26-19-13-28(37,29(19)14-20(26)29)15-40-9-1-2-16-5-7-34-8-6-16/h1-8,10-12,19-20,26,37H,9,13-15H2,(H,35,36)/b2-1+/t19?,20?,26-,28+,29?/m1/s1. The van der Waals surface area contributed by atoms with E-state index in [2.05, 4.69) is 10.3 Å². The zero-order chi connectivity index (χ0) is 29.2. The molecule has 1 spiro atoms. The minimum absolute atomic E-state index is 0.0718. The van der Waals surface area contributed by atoms with Crippen molar-refractivity contribution in [3.63, 3.8) is 0 Å². The van der Waals surface area contributed by atoms with Crippen LogP contribution in [0.15, 0.2) is 65.8 Å². The zero-order valence-corrected chi connectivity index (χ0v) is 22.9. The molecule has 3 aliphatic rings. The van der Waals surface area contributed by atoms with Gasteiger partial charge < -0.3 is 15.2 Å². The van der Waals surface area contributed by atoms with Gasteiger partial charge in [0.05, 0.1) is 34.0 Å². The highest BCUT2D eigenvalue weighted by Gasteiger charge is 2.89. The molecular weight excluding hydrogens is 581 g/mol. The molecule has 3 aromatic rings. The van der Waals surface area contributed by atoms with E-state index in [1.165, 1.54) is 12.1 Å². The second kappa shape index (κ2) is 9.94. The summed E-state index contributed by atoms with van der Waals surface area (Å²) in [4.78, 5) is 16.5. The number of nitrogens with zero attached hydrogens (tertiary/aromatic N) is 1. The van der Waals surface area contributed by atoms with Crippen molar-refractivity contribution in [2.75, 3.05) is 18.5 Å². The van der Waals surface area contributed by atoms with Crippen LogP contribution in [0.2, 0.25) is 5.02 Å².